The summed E-state index contributed by atoms with van der Waals surface area (Å²) in [6, 6.07) is 3.37. The van der Waals surface area contributed by atoms with Crippen molar-refractivity contribution in [2.75, 3.05) is 7.11 Å². The lowest BCUT2D eigenvalue weighted by Gasteiger charge is -2.07. The van der Waals surface area contributed by atoms with Gasteiger partial charge in [0.05, 0.1) is 13.4 Å². The minimum atomic E-state index is 0.544. The first-order chi connectivity index (χ1) is 7.04. The second-order valence-corrected chi connectivity index (χ2v) is 4.48. The van der Waals surface area contributed by atoms with Crippen LogP contribution >= 0.6 is 34.8 Å². The monoisotopic (exact) mass is 264 g/mol. The molecule has 0 saturated carbocycles. The fourth-order valence-corrected chi connectivity index (χ4v) is 2.21. The quantitative estimate of drug-likeness (QED) is 0.717. The number of halogens is 3. The molecule has 0 fully saturated rings. The van der Waals surface area contributed by atoms with Crippen LogP contribution in [-0.4, -0.2) is 7.11 Å². The molecular weight excluding hydrogens is 254 g/mol. The van der Waals surface area contributed by atoms with E-state index in [1.54, 1.807) is 25.5 Å². The lowest BCUT2D eigenvalue weighted by Crippen LogP contribution is -1.91. The number of allylic oxidation sites excluding steroid dienone is 1. The Morgan fingerprint density at radius 2 is 1.80 bits per heavy atom. The Labute approximate surface area is 105 Å². The molecule has 0 aliphatic rings. The van der Waals surface area contributed by atoms with Crippen LogP contribution in [0.4, 0.5) is 0 Å². The van der Waals surface area contributed by atoms with E-state index < -0.39 is 0 Å². The van der Waals surface area contributed by atoms with Gasteiger partial charge in [-0.1, -0.05) is 34.8 Å². The van der Waals surface area contributed by atoms with Gasteiger partial charge in [-0.3, -0.25) is 0 Å². The zero-order chi connectivity index (χ0) is 11.4. The summed E-state index contributed by atoms with van der Waals surface area (Å²) in [5, 5.41) is 1.70. The number of hydrogen-bond donors (Lipinski definition) is 0. The van der Waals surface area contributed by atoms with Gasteiger partial charge in [0.15, 0.2) is 0 Å². The summed E-state index contributed by atoms with van der Waals surface area (Å²) in [6.07, 6.45) is 2.32. The maximum atomic E-state index is 6.04. The molecule has 1 rings (SSSR count). The van der Waals surface area contributed by atoms with Gasteiger partial charge in [-0.05, 0) is 36.6 Å². The fourth-order valence-electron chi connectivity index (χ4n) is 1.26. The molecule has 0 amide bonds. The minimum Gasteiger partial charge on any atom is -0.504 e. The minimum absolute atomic E-state index is 0.544. The Hall–Kier alpha value is -0.370. The first kappa shape index (κ1) is 12.7. The van der Waals surface area contributed by atoms with E-state index in [2.05, 4.69) is 0 Å². The predicted molar refractivity (Wildman–Crippen MR) is 65.9 cm³/mol. The molecule has 0 aliphatic heterocycles. The summed E-state index contributed by atoms with van der Waals surface area (Å²) in [7, 11) is 1.61. The maximum absolute atomic E-state index is 6.04. The average Bonchev–Trinajstić information content (AvgIpc) is 2.11. The molecule has 0 unspecified atom stereocenters. The van der Waals surface area contributed by atoms with Crippen molar-refractivity contribution in [2.45, 2.75) is 13.3 Å². The third-order valence-corrected chi connectivity index (χ3v) is 2.77. The van der Waals surface area contributed by atoms with E-state index in [9.17, 15) is 0 Å². The van der Waals surface area contributed by atoms with E-state index in [1.807, 2.05) is 6.92 Å². The van der Waals surface area contributed by atoms with Crippen LogP contribution in [0.25, 0.3) is 0 Å². The van der Waals surface area contributed by atoms with Crippen LogP contribution in [0.5, 0.6) is 0 Å². The van der Waals surface area contributed by atoms with Crippen molar-refractivity contribution >= 4 is 34.8 Å². The Balaban J connectivity index is 3.00. The number of benzene rings is 1. The summed E-state index contributed by atoms with van der Waals surface area (Å²) >= 11 is 17.9. The van der Waals surface area contributed by atoms with Crippen molar-refractivity contribution in [3.8, 4) is 0 Å². The molecule has 0 aliphatic carbocycles. The highest BCUT2D eigenvalue weighted by atomic mass is 35.5. The highest BCUT2D eigenvalue weighted by Gasteiger charge is 2.08. The molecule has 0 saturated heterocycles. The van der Waals surface area contributed by atoms with Crippen LogP contribution in [0.3, 0.4) is 0 Å². The fraction of sp³-hybridized carbons (Fsp3) is 0.273. The van der Waals surface area contributed by atoms with E-state index in [0.29, 0.717) is 21.5 Å². The van der Waals surface area contributed by atoms with Gasteiger partial charge in [-0.15, -0.1) is 0 Å². The molecule has 0 bridgehead atoms. The normalized spacial score (nSPS) is 11.7. The Bertz CT molecular complexity index is 362. The molecular formula is C11H11Cl3O. The molecule has 0 atom stereocenters. The van der Waals surface area contributed by atoms with E-state index in [4.69, 9.17) is 39.5 Å². The molecule has 0 aromatic heterocycles. The van der Waals surface area contributed by atoms with Gasteiger partial charge in [0.1, 0.15) is 0 Å². The molecule has 0 heterocycles. The number of rotatable bonds is 3. The van der Waals surface area contributed by atoms with Crippen molar-refractivity contribution in [1.29, 1.82) is 0 Å². The number of ether oxygens (including phenoxy) is 1. The second kappa shape index (κ2) is 5.64. The Morgan fingerprint density at radius 3 is 2.27 bits per heavy atom. The Kier molecular flexibility index (Phi) is 4.78. The Morgan fingerprint density at radius 1 is 1.27 bits per heavy atom. The average molecular weight is 266 g/mol. The van der Waals surface area contributed by atoms with E-state index >= 15 is 0 Å². The summed E-state index contributed by atoms with van der Waals surface area (Å²) < 4.78 is 4.91. The van der Waals surface area contributed by atoms with E-state index in [1.165, 1.54) is 0 Å². The third-order valence-electron chi connectivity index (χ3n) is 1.88. The zero-order valence-electron chi connectivity index (χ0n) is 8.48. The second-order valence-electron chi connectivity index (χ2n) is 3.22. The predicted octanol–water partition coefficient (Wildman–Crippen LogP) is 4.74. The van der Waals surface area contributed by atoms with Crippen LogP contribution in [0.1, 0.15) is 12.5 Å². The summed E-state index contributed by atoms with van der Waals surface area (Å²) in [6.45, 7) is 1.95. The molecule has 0 N–H and O–H groups in total. The van der Waals surface area contributed by atoms with Gasteiger partial charge >= 0.3 is 0 Å². The van der Waals surface area contributed by atoms with Crippen LogP contribution in [-0.2, 0) is 11.2 Å². The van der Waals surface area contributed by atoms with Gasteiger partial charge in [0, 0.05) is 15.1 Å². The van der Waals surface area contributed by atoms with Gasteiger partial charge in [-0.25, -0.2) is 0 Å². The van der Waals surface area contributed by atoms with Crippen molar-refractivity contribution in [2.24, 2.45) is 0 Å². The molecule has 1 aromatic carbocycles. The van der Waals surface area contributed by atoms with Gasteiger partial charge < -0.3 is 4.74 Å². The summed E-state index contributed by atoms with van der Waals surface area (Å²) in [5.74, 6) is 0. The lowest BCUT2D eigenvalue weighted by atomic mass is 10.1. The number of hydrogen-bond acceptors (Lipinski definition) is 1. The van der Waals surface area contributed by atoms with Gasteiger partial charge in [-0.2, -0.15) is 0 Å². The molecule has 82 valence electrons. The highest BCUT2D eigenvalue weighted by Crippen LogP contribution is 2.30. The van der Waals surface area contributed by atoms with Crippen LogP contribution in [0.15, 0.2) is 24.0 Å². The van der Waals surface area contributed by atoms with Crippen molar-refractivity contribution in [3.05, 3.63) is 44.6 Å². The van der Waals surface area contributed by atoms with Gasteiger partial charge in [0.2, 0.25) is 0 Å². The van der Waals surface area contributed by atoms with Crippen molar-refractivity contribution in [3.63, 3.8) is 0 Å². The van der Waals surface area contributed by atoms with Crippen LogP contribution < -0.4 is 0 Å². The van der Waals surface area contributed by atoms with E-state index in [-0.39, 0.29) is 0 Å². The summed E-state index contributed by atoms with van der Waals surface area (Å²) in [4.78, 5) is 0. The van der Waals surface area contributed by atoms with Crippen LogP contribution in [0.2, 0.25) is 15.1 Å². The maximum Gasteiger partial charge on any atom is 0.0817 e. The first-order valence-corrected chi connectivity index (χ1v) is 5.50. The first-order valence-electron chi connectivity index (χ1n) is 4.36. The van der Waals surface area contributed by atoms with E-state index in [0.717, 1.165) is 11.1 Å². The molecule has 1 nitrogen and oxygen atoms in total. The van der Waals surface area contributed by atoms with Gasteiger partial charge in [0.25, 0.3) is 0 Å². The number of methoxy groups -OCH3 is 1. The smallest absolute Gasteiger partial charge is 0.0817 e. The lowest BCUT2D eigenvalue weighted by molar-refractivity contribution is 0.333. The molecule has 1 aromatic rings. The van der Waals surface area contributed by atoms with Crippen molar-refractivity contribution in [1.82, 2.24) is 0 Å². The third kappa shape index (κ3) is 3.60. The molecule has 0 radical (unpaired) electrons. The molecule has 0 spiro atoms. The standard InChI is InChI=1S/C11H11Cl3O/c1-7(6-15-2)3-9-10(13)4-8(12)5-11(9)14/h4-6H,3H2,1-2H3/b7-6-. The van der Waals surface area contributed by atoms with Crippen molar-refractivity contribution < 1.29 is 4.74 Å². The van der Waals surface area contributed by atoms with Crippen LogP contribution in [0, 0.1) is 0 Å². The molecule has 4 heteroatoms. The largest absolute Gasteiger partial charge is 0.504 e. The highest BCUT2D eigenvalue weighted by molar-refractivity contribution is 6.39. The zero-order valence-corrected chi connectivity index (χ0v) is 10.7. The summed E-state index contributed by atoms with van der Waals surface area (Å²) in [5.41, 5.74) is 1.91. The SMILES string of the molecule is CO/C=C(/C)Cc1c(Cl)cc(Cl)cc1Cl. The molecule has 15 heavy (non-hydrogen) atoms. The topological polar surface area (TPSA) is 9.23 Å².